The van der Waals surface area contributed by atoms with Crippen molar-refractivity contribution < 1.29 is 4.79 Å². The van der Waals surface area contributed by atoms with Crippen LogP contribution in [0, 0.1) is 6.92 Å². The van der Waals surface area contributed by atoms with Gasteiger partial charge in [0.15, 0.2) is 11.5 Å². The van der Waals surface area contributed by atoms with Crippen LogP contribution in [0.2, 0.25) is 0 Å². The molecule has 0 spiro atoms. The van der Waals surface area contributed by atoms with Crippen LogP contribution in [0.5, 0.6) is 0 Å². The number of carbonyl (C=O) groups excluding carboxylic acids is 1. The standard InChI is InChI=1S/C17H22N6O/c1-5-14(18-4)13-6-7-23(12(13)3)17(24)21-15-10-22-9-11(2)19-8-16(22)20-15/h5,8-10,18H,6-7H2,1-4H3,(H,21,24)/b14-5+. The number of aryl methyl sites for hydroxylation is 1. The Labute approximate surface area is 141 Å². The van der Waals surface area contributed by atoms with Crippen LogP contribution in [-0.2, 0) is 0 Å². The molecule has 0 bridgehead atoms. The fourth-order valence-electron chi connectivity index (χ4n) is 3.03. The van der Waals surface area contributed by atoms with Crippen LogP contribution in [-0.4, -0.2) is 38.9 Å². The molecule has 126 valence electrons. The van der Waals surface area contributed by atoms with Crippen molar-refractivity contribution in [2.45, 2.75) is 27.2 Å². The molecule has 1 aliphatic heterocycles. The number of fused-ring (bicyclic) bond motifs is 1. The first-order valence-electron chi connectivity index (χ1n) is 7.97. The lowest BCUT2D eigenvalue weighted by atomic mass is 10.1. The molecule has 24 heavy (non-hydrogen) atoms. The maximum absolute atomic E-state index is 12.6. The van der Waals surface area contributed by atoms with E-state index in [1.807, 2.05) is 44.5 Å². The van der Waals surface area contributed by atoms with E-state index in [1.54, 1.807) is 17.3 Å². The van der Waals surface area contributed by atoms with Crippen molar-refractivity contribution in [2.75, 3.05) is 18.9 Å². The average molecular weight is 326 g/mol. The Bertz CT molecular complexity index is 848. The summed E-state index contributed by atoms with van der Waals surface area (Å²) in [5.41, 5.74) is 4.81. The van der Waals surface area contributed by atoms with E-state index < -0.39 is 0 Å². The Morgan fingerprint density at radius 1 is 1.33 bits per heavy atom. The van der Waals surface area contributed by atoms with E-state index in [9.17, 15) is 4.79 Å². The van der Waals surface area contributed by atoms with Gasteiger partial charge in [0.2, 0.25) is 0 Å². The second-order valence-electron chi connectivity index (χ2n) is 5.77. The molecule has 3 rings (SSSR count). The second-order valence-corrected chi connectivity index (χ2v) is 5.77. The van der Waals surface area contributed by atoms with E-state index in [4.69, 9.17) is 0 Å². The van der Waals surface area contributed by atoms with Gasteiger partial charge in [0.05, 0.1) is 18.1 Å². The van der Waals surface area contributed by atoms with Gasteiger partial charge in [0.25, 0.3) is 0 Å². The largest absolute Gasteiger partial charge is 0.388 e. The first kappa shape index (κ1) is 16.0. The van der Waals surface area contributed by atoms with Crippen molar-refractivity contribution in [3.63, 3.8) is 0 Å². The van der Waals surface area contributed by atoms with Gasteiger partial charge in [-0.1, -0.05) is 6.08 Å². The highest BCUT2D eigenvalue weighted by Gasteiger charge is 2.26. The molecule has 2 amide bonds. The number of likely N-dealkylation sites (N-methyl/N-ethyl adjacent to an activating group) is 1. The van der Waals surface area contributed by atoms with Crippen LogP contribution in [0.3, 0.4) is 0 Å². The van der Waals surface area contributed by atoms with Gasteiger partial charge < -0.3 is 9.72 Å². The summed E-state index contributed by atoms with van der Waals surface area (Å²) >= 11 is 0. The zero-order chi connectivity index (χ0) is 17.3. The molecule has 0 atom stereocenters. The zero-order valence-electron chi connectivity index (χ0n) is 14.4. The van der Waals surface area contributed by atoms with Crippen LogP contribution in [0.25, 0.3) is 5.65 Å². The SMILES string of the molecule is C/C=C(/NC)C1=C(C)N(C(=O)Nc2cn3cc(C)ncc3n2)CC1. The predicted molar refractivity (Wildman–Crippen MR) is 93.6 cm³/mol. The van der Waals surface area contributed by atoms with Gasteiger partial charge in [0.1, 0.15) is 0 Å². The molecule has 0 fully saturated rings. The van der Waals surface area contributed by atoms with E-state index in [-0.39, 0.29) is 6.03 Å². The molecule has 2 aromatic rings. The number of imidazole rings is 1. The summed E-state index contributed by atoms with van der Waals surface area (Å²) in [7, 11) is 1.89. The van der Waals surface area contributed by atoms with Gasteiger partial charge in [-0.05, 0) is 32.8 Å². The molecule has 2 N–H and O–H groups in total. The van der Waals surface area contributed by atoms with E-state index in [0.29, 0.717) is 18.0 Å². The third-order valence-electron chi connectivity index (χ3n) is 4.26. The molecule has 3 heterocycles. The predicted octanol–water partition coefficient (Wildman–Crippen LogP) is 2.67. The van der Waals surface area contributed by atoms with Gasteiger partial charge in [-0.2, -0.15) is 0 Å². The lowest BCUT2D eigenvalue weighted by molar-refractivity contribution is 0.228. The minimum absolute atomic E-state index is 0.165. The topological polar surface area (TPSA) is 74.6 Å². The van der Waals surface area contributed by atoms with Crippen molar-refractivity contribution in [1.29, 1.82) is 0 Å². The number of carbonyl (C=O) groups is 1. The van der Waals surface area contributed by atoms with E-state index in [1.165, 1.54) is 5.57 Å². The Hall–Kier alpha value is -2.83. The molecule has 0 unspecified atom stereocenters. The molecule has 7 nitrogen and oxygen atoms in total. The molecular formula is C17H22N6O. The Morgan fingerprint density at radius 3 is 2.83 bits per heavy atom. The van der Waals surface area contributed by atoms with Crippen molar-refractivity contribution >= 4 is 17.5 Å². The highest BCUT2D eigenvalue weighted by Crippen LogP contribution is 2.27. The fourth-order valence-corrected chi connectivity index (χ4v) is 3.03. The lowest BCUT2D eigenvalue weighted by Gasteiger charge is -2.18. The van der Waals surface area contributed by atoms with Crippen LogP contribution >= 0.6 is 0 Å². The van der Waals surface area contributed by atoms with Crippen LogP contribution < -0.4 is 10.6 Å². The van der Waals surface area contributed by atoms with Gasteiger partial charge in [-0.3, -0.25) is 15.2 Å². The highest BCUT2D eigenvalue weighted by molar-refractivity contribution is 5.90. The van der Waals surface area contributed by atoms with Gasteiger partial charge in [-0.15, -0.1) is 0 Å². The quantitative estimate of drug-likeness (QED) is 0.909. The molecule has 0 radical (unpaired) electrons. The number of aromatic nitrogens is 3. The number of hydrogen-bond acceptors (Lipinski definition) is 4. The average Bonchev–Trinajstić information content (AvgIpc) is 3.12. The molecule has 0 saturated heterocycles. The fraction of sp³-hybridized carbons (Fsp3) is 0.353. The summed E-state index contributed by atoms with van der Waals surface area (Å²) in [6.07, 6.45) is 8.23. The Morgan fingerprint density at radius 2 is 2.12 bits per heavy atom. The third kappa shape index (κ3) is 2.84. The van der Waals surface area contributed by atoms with E-state index >= 15 is 0 Å². The van der Waals surface area contributed by atoms with Gasteiger partial charge in [0, 0.05) is 31.2 Å². The summed E-state index contributed by atoms with van der Waals surface area (Å²) in [6.45, 7) is 6.54. The van der Waals surface area contributed by atoms with Crippen molar-refractivity contribution in [2.24, 2.45) is 0 Å². The molecule has 0 aromatic carbocycles. The maximum atomic E-state index is 12.6. The number of rotatable bonds is 3. The number of nitrogens with zero attached hydrogens (tertiary/aromatic N) is 4. The summed E-state index contributed by atoms with van der Waals surface area (Å²) in [5, 5.41) is 6.05. The molecule has 1 aliphatic rings. The van der Waals surface area contributed by atoms with Crippen molar-refractivity contribution in [3.8, 4) is 0 Å². The monoisotopic (exact) mass is 326 g/mol. The molecule has 2 aromatic heterocycles. The normalized spacial score (nSPS) is 15.3. The molecule has 0 aliphatic carbocycles. The Kier molecular flexibility index (Phi) is 4.24. The zero-order valence-corrected chi connectivity index (χ0v) is 14.4. The van der Waals surface area contributed by atoms with Crippen molar-refractivity contribution in [1.82, 2.24) is 24.6 Å². The van der Waals surface area contributed by atoms with Gasteiger partial charge >= 0.3 is 6.03 Å². The van der Waals surface area contributed by atoms with E-state index in [0.717, 1.165) is 23.5 Å². The second kappa shape index (κ2) is 6.35. The third-order valence-corrected chi connectivity index (χ3v) is 4.26. The number of nitrogens with one attached hydrogen (secondary N) is 2. The minimum atomic E-state index is -0.165. The van der Waals surface area contributed by atoms with Crippen LogP contribution in [0.15, 0.2) is 41.6 Å². The smallest absolute Gasteiger partial charge is 0.327 e. The minimum Gasteiger partial charge on any atom is -0.388 e. The maximum Gasteiger partial charge on any atom is 0.327 e. The molecule has 0 saturated carbocycles. The summed E-state index contributed by atoms with van der Waals surface area (Å²) in [6, 6.07) is -0.165. The van der Waals surface area contributed by atoms with Crippen LogP contribution in [0.4, 0.5) is 10.6 Å². The van der Waals surface area contributed by atoms with Crippen molar-refractivity contribution in [3.05, 3.63) is 47.3 Å². The van der Waals surface area contributed by atoms with Gasteiger partial charge in [-0.25, -0.2) is 9.78 Å². The lowest BCUT2D eigenvalue weighted by Crippen LogP contribution is -2.31. The number of amides is 2. The number of hydrogen-bond donors (Lipinski definition) is 2. The molecular weight excluding hydrogens is 304 g/mol. The van der Waals surface area contributed by atoms with Crippen LogP contribution in [0.1, 0.15) is 26.0 Å². The highest BCUT2D eigenvalue weighted by atomic mass is 16.2. The first-order valence-corrected chi connectivity index (χ1v) is 7.97. The molecule has 7 heteroatoms. The first-order chi connectivity index (χ1) is 11.5. The summed E-state index contributed by atoms with van der Waals surface area (Å²) in [5.74, 6) is 0.522. The van der Waals surface area contributed by atoms with E-state index in [2.05, 4.69) is 20.6 Å². The Balaban J connectivity index is 1.79. The summed E-state index contributed by atoms with van der Waals surface area (Å²) in [4.78, 5) is 22.9. The number of urea groups is 1. The summed E-state index contributed by atoms with van der Waals surface area (Å²) < 4.78 is 1.86. The number of allylic oxidation sites excluding steroid dienone is 3. The number of anilines is 1.